The van der Waals surface area contributed by atoms with Crippen molar-refractivity contribution in [3.63, 3.8) is 0 Å². The highest BCUT2D eigenvalue weighted by atomic mass is 16.5. The van der Waals surface area contributed by atoms with Crippen LogP contribution in [-0.4, -0.2) is 39.4 Å². The molecule has 5 rings (SSSR count). The van der Waals surface area contributed by atoms with Crippen LogP contribution in [-0.2, 0) is 11.3 Å². The molecule has 0 unspecified atom stereocenters. The highest BCUT2D eigenvalue weighted by Gasteiger charge is 2.42. The van der Waals surface area contributed by atoms with E-state index in [1.165, 1.54) is 18.4 Å². The van der Waals surface area contributed by atoms with E-state index in [1.54, 1.807) is 0 Å². The van der Waals surface area contributed by atoms with Gasteiger partial charge in [0.25, 0.3) is 0 Å². The minimum absolute atomic E-state index is 0.0333. The van der Waals surface area contributed by atoms with Gasteiger partial charge in [-0.2, -0.15) is 0 Å². The molecule has 0 bridgehead atoms. The molecule has 3 aliphatic rings. The van der Waals surface area contributed by atoms with Gasteiger partial charge in [0.2, 0.25) is 11.8 Å². The standard InChI is InChI=1S/C18H24N4O3/c1-10-14(11(2)25-21-10)8-22-6-5-13-7-15(23-16(13)9-22)18-20-19-17(24-18)12-3-4-12/h12-13,15-16H,3-9H2,1-2H3/t13-,15+,16+/m1/s1. The SMILES string of the molecule is Cc1noc(C)c1CN1CC[C@@H]2C[C@@H](c3nnc(C4CC4)o3)O[C@H]2C1. The summed E-state index contributed by atoms with van der Waals surface area (Å²) in [5.74, 6) is 3.48. The lowest BCUT2D eigenvalue weighted by atomic mass is 9.91. The summed E-state index contributed by atoms with van der Waals surface area (Å²) in [6.07, 6.45) is 4.71. The van der Waals surface area contributed by atoms with Gasteiger partial charge in [0.05, 0.1) is 11.8 Å². The first-order chi connectivity index (χ1) is 12.2. The van der Waals surface area contributed by atoms with Gasteiger partial charge in [-0.3, -0.25) is 4.90 Å². The van der Waals surface area contributed by atoms with Crippen LogP contribution in [0.15, 0.2) is 8.94 Å². The maximum absolute atomic E-state index is 6.30. The number of piperidine rings is 1. The Balaban J connectivity index is 1.24. The number of likely N-dealkylation sites (tertiary alicyclic amines) is 1. The van der Waals surface area contributed by atoms with E-state index in [0.717, 1.165) is 49.8 Å². The van der Waals surface area contributed by atoms with Crippen molar-refractivity contribution in [2.24, 2.45) is 5.92 Å². The summed E-state index contributed by atoms with van der Waals surface area (Å²) >= 11 is 0. The molecule has 0 radical (unpaired) electrons. The largest absolute Gasteiger partial charge is 0.422 e. The zero-order chi connectivity index (χ0) is 17.0. The van der Waals surface area contributed by atoms with Crippen LogP contribution >= 0.6 is 0 Å². The monoisotopic (exact) mass is 344 g/mol. The third-order valence-electron chi connectivity index (χ3n) is 5.86. The molecule has 0 amide bonds. The van der Waals surface area contributed by atoms with Crippen molar-refractivity contribution >= 4 is 0 Å². The number of aryl methyl sites for hydroxylation is 2. The summed E-state index contributed by atoms with van der Waals surface area (Å²) < 4.78 is 17.4. The van der Waals surface area contributed by atoms with E-state index in [-0.39, 0.29) is 12.2 Å². The van der Waals surface area contributed by atoms with Gasteiger partial charge >= 0.3 is 0 Å². The van der Waals surface area contributed by atoms with E-state index < -0.39 is 0 Å². The van der Waals surface area contributed by atoms with Crippen LogP contribution in [0.4, 0.5) is 0 Å². The van der Waals surface area contributed by atoms with Gasteiger partial charge in [-0.25, -0.2) is 0 Å². The number of hydrogen-bond donors (Lipinski definition) is 0. The first kappa shape index (κ1) is 15.5. The average molecular weight is 344 g/mol. The number of ether oxygens (including phenoxy) is 1. The Morgan fingerprint density at radius 3 is 2.72 bits per heavy atom. The van der Waals surface area contributed by atoms with Crippen molar-refractivity contribution in [2.45, 2.75) is 64.2 Å². The first-order valence-corrected chi connectivity index (χ1v) is 9.30. The number of nitrogens with zero attached hydrogens (tertiary/aromatic N) is 4. The van der Waals surface area contributed by atoms with Crippen LogP contribution in [0.3, 0.4) is 0 Å². The molecule has 0 aromatic carbocycles. The lowest BCUT2D eigenvalue weighted by molar-refractivity contribution is -0.0178. The van der Waals surface area contributed by atoms with Crippen molar-refractivity contribution in [1.29, 1.82) is 0 Å². The summed E-state index contributed by atoms with van der Waals surface area (Å²) in [5.41, 5.74) is 2.20. The number of aromatic nitrogens is 3. The molecule has 4 heterocycles. The van der Waals surface area contributed by atoms with E-state index in [2.05, 4.69) is 20.3 Å². The van der Waals surface area contributed by atoms with Crippen LogP contribution in [0.25, 0.3) is 0 Å². The molecule has 25 heavy (non-hydrogen) atoms. The van der Waals surface area contributed by atoms with Gasteiger partial charge in [0.15, 0.2) is 0 Å². The molecule has 1 saturated carbocycles. The van der Waals surface area contributed by atoms with Crippen molar-refractivity contribution in [3.8, 4) is 0 Å². The second-order valence-corrected chi connectivity index (χ2v) is 7.74. The van der Waals surface area contributed by atoms with E-state index in [9.17, 15) is 0 Å². The average Bonchev–Trinajstić information content (AvgIpc) is 3.06. The maximum atomic E-state index is 6.30. The predicted molar refractivity (Wildman–Crippen MR) is 87.9 cm³/mol. The molecule has 0 spiro atoms. The molecule has 2 aromatic heterocycles. The molecule has 1 aliphatic carbocycles. The van der Waals surface area contributed by atoms with Gasteiger partial charge in [-0.1, -0.05) is 5.16 Å². The Morgan fingerprint density at radius 1 is 1.12 bits per heavy atom. The van der Waals surface area contributed by atoms with Crippen LogP contribution in [0.2, 0.25) is 0 Å². The highest BCUT2D eigenvalue weighted by molar-refractivity contribution is 5.20. The summed E-state index contributed by atoms with van der Waals surface area (Å²) in [6.45, 7) is 6.89. The van der Waals surface area contributed by atoms with Gasteiger partial charge in [-0.05, 0) is 52.0 Å². The fourth-order valence-electron chi connectivity index (χ4n) is 4.12. The van der Waals surface area contributed by atoms with Crippen LogP contribution in [0.1, 0.15) is 66.5 Å². The molecule has 2 aromatic rings. The van der Waals surface area contributed by atoms with Crippen molar-refractivity contribution in [2.75, 3.05) is 13.1 Å². The Hall–Kier alpha value is -1.73. The summed E-state index contributed by atoms with van der Waals surface area (Å²) in [4.78, 5) is 2.44. The fraction of sp³-hybridized carbons (Fsp3) is 0.722. The van der Waals surface area contributed by atoms with Gasteiger partial charge < -0.3 is 13.7 Å². The number of hydrogen-bond acceptors (Lipinski definition) is 7. The topological polar surface area (TPSA) is 77.4 Å². The molecular formula is C18H24N4O3. The van der Waals surface area contributed by atoms with Gasteiger partial charge in [0.1, 0.15) is 11.9 Å². The minimum Gasteiger partial charge on any atom is -0.422 e. The Bertz CT molecular complexity index is 747. The maximum Gasteiger partial charge on any atom is 0.245 e. The third kappa shape index (κ3) is 2.89. The summed E-state index contributed by atoms with van der Waals surface area (Å²) in [5, 5.41) is 12.5. The Morgan fingerprint density at radius 2 is 1.96 bits per heavy atom. The molecule has 134 valence electrons. The van der Waals surface area contributed by atoms with E-state index in [4.69, 9.17) is 13.7 Å². The minimum atomic E-state index is -0.0333. The molecule has 2 saturated heterocycles. The fourth-order valence-corrected chi connectivity index (χ4v) is 4.12. The van der Waals surface area contributed by atoms with Gasteiger partial charge in [0, 0.05) is 24.6 Å². The van der Waals surface area contributed by atoms with E-state index in [0.29, 0.717) is 17.7 Å². The second kappa shape index (κ2) is 5.92. The van der Waals surface area contributed by atoms with Crippen LogP contribution in [0.5, 0.6) is 0 Å². The normalized spacial score (nSPS) is 29.9. The van der Waals surface area contributed by atoms with Crippen molar-refractivity contribution in [3.05, 3.63) is 28.8 Å². The molecule has 0 N–H and O–H groups in total. The van der Waals surface area contributed by atoms with Crippen LogP contribution < -0.4 is 0 Å². The quantitative estimate of drug-likeness (QED) is 0.844. The summed E-state index contributed by atoms with van der Waals surface area (Å²) in [7, 11) is 0. The molecule has 2 aliphatic heterocycles. The lowest BCUT2D eigenvalue weighted by Crippen LogP contribution is -2.41. The van der Waals surface area contributed by atoms with Crippen molar-refractivity contribution < 1.29 is 13.7 Å². The Kier molecular flexibility index (Phi) is 3.67. The number of fused-ring (bicyclic) bond motifs is 1. The highest BCUT2D eigenvalue weighted by Crippen LogP contribution is 2.43. The molecular weight excluding hydrogens is 320 g/mol. The summed E-state index contributed by atoms with van der Waals surface area (Å²) in [6, 6.07) is 0. The second-order valence-electron chi connectivity index (χ2n) is 7.74. The van der Waals surface area contributed by atoms with Crippen molar-refractivity contribution in [1.82, 2.24) is 20.3 Å². The van der Waals surface area contributed by atoms with Crippen LogP contribution in [0, 0.1) is 19.8 Å². The number of rotatable bonds is 4. The molecule has 7 nitrogen and oxygen atoms in total. The smallest absolute Gasteiger partial charge is 0.245 e. The predicted octanol–water partition coefficient (Wildman–Crippen LogP) is 2.90. The zero-order valence-corrected chi connectivity index (χ0v) is 14.8. The molecule has 7 heteroatoms. The third-order valence-corrected chi connectivity index (χ3v) is 5.86. The lowest BCUT2D eigenvalue weighted by Gasteiger charge is -2.33. The van der Waals surface area contributed by atoms with Gasteiger partial charge in [-0.15, -0.1) is 10.2 Å². The molecule has 3 fully saturated rings. The molecule has 3 atom stereocenters. The van der Waals surface area contributed by atoms with E-state index in [1.807, 2.05) is 13.8 Å². The first-order valence-electron chi connectivity index (χ1n) is 9.30. The van der Waals surface area contributed by atoms with E-state index >= 15 is 0 Å². The zero-order valence-electron chi connectivity index (χ0n) is 14.8. The Labute approximate surface area is 146 Å².